The third-order valence-electron chi connectivity index (χ3n) is 3.29. The smallest absolute Gasteiger partial charge is 0.280 e. The molecule has 0 unspecified atom stereocenters. The third kappa shape index (κ3) is 2.34. The number of rotatable bonds is 2. The summed E-state index contributed by atoms with van der Waals surface area (Å²) in [7, 11) is 1.60. The number of carbonyl (C=O) groups is 1. The predicted octanol–water partition coefficient (Wildman–Crippen LogP) is 2.82. The molecule has 0 radical (unpaired) electrons. The molecule has 5 heteroatoms. The van der Waals surface area contributed by atoms with E-state index in [2.05, 4.69) is 4.98 Å². The van der Waals surface area contributed by atoms with E-state index >= 15 is 0 Å². The van der Waals surface area contributed by atoms with Gasteiger partial charge in [0, 0.05) is 17.6 Å². The van der Waals surface area contributed by atoms with Gasteiger partial charge in [-0.3, -0.25) is 9.59 Å². The summed E-state index contributed by atoms with van der Waals surface area (Å²) >= 11 is 5.93. The Hall–Kier alpha value is -2.46. The van der Waals surface area contributed by atoms with Crippen LogP contribution in [0.1, 0.15) is 16.1 Å². The molecule has 0 spiro atoms. The molecule has 4 nitrogen and oxygen atoms in total. The number of carbonyl (C=O) groups excluding carboxylic acids is 1. The van der Waals surface area contributed by atoms with Crippen LogP contribution in [0.15, 0.2) is 53.3 Å². The van der Waals surface area contributed by atoms with Crippen LogP contribution in [0.4, 0.5) is 0 Å². The van der Waals surface area contributed by atoms with Crippen LogP contribution >= 0.6 is 11.6 Å². The quantitative estimate of drug-likeness (QED) is 0.684. The van der Waals surface area contributed by atoms with Crippen LogP contribution in [0.25, 0.3) is 11.0 Å². The summed E-state index contributed by atoms with van der Waals surface area (Å²) in [5.41, 5.74) is 1.07. The second-order valence-corrected chi connectivity index (χ2v) is 5.09. The van der Waals surface area contributed by atoms with Crippen LogP contribution in [-0.4, -0.2) is 15.3 Å². The Kier molecular flexibility index (Phi) is 3.31. The average Bonchev–Trinajstić information content (AvgIpc) is 2.51. The maximum atomic E-state index is 12.4. The third-order valence-corrected chi connectivity index (χ3v) is 3.52. The fraction of sp³-hybridized carbons (Fsp3) is 0.0625. The molecular weight excluding hydrogens is 288 g/mol. The van der Waals surface area contributed by atoms with E-state index < -0.39 is 5.56 Å². The van der Waals surface area contributed by atoms with Crippen molar-refractivity contribution in [1.82, 2.24) is 9.55 Å². The Labute approximate surface area is 125 Å². The number of aryl methyl sites for hydroxylation is 1. The first-order chi connectivity index (χ1) is 10.1. The number of fused-ring (bicyclic) bond motifs is 1. The first-order valence-corrected chi connectivity index (χ1v) is 6.72. The van der Waals surface area contributed by atoms with Crippen LogP contribution in [0.2, 0.25) is 5.02 Å². The zero-order valence-electron chi connectivity index (χ0n) is 11.2. The predicted molar refractivity (Wildman–Crippen MR) is 81.9 cm³/mol. The van der Waals surface area contributed by atoms with Gasteiger partial charge in [0.2, 0.25) is 5.78 Å². The molecule has 0 fully saturated rings. The van der Waals surface area contributed by atoms with Crippen molar-refractivity contribution in [2.24, 2.45) is 7.05 Å². The number of hydrogen-bond acceptors (Lipinski definition) is 3. The molecule has 1 aromatic heterocycles. The van der Waals surface area contributed by atoms with Gasteiger partial charge in [-0.15, -0.1) is 0 Å². The van der Waals surface area contributed by atoms with Crippen molar-refractivity contribution >= 4 is 28.4 Å². The van der Waals surface area contributed by atoms with Crippen LogP contribution < -0.4 is 5.56 Å². The van der Waals surface area contributed by atoms with Gasteiger partial charge < -0.3 is 4.57 Å². The first kappa shape index (κ1) is 13.5. The second kappa shape index (κ2) is 5.14. The lowest BCUT2D eigenvalue weighted by Gasteiger charge is -2.07. The number of ketones is 1. The van der Waals surface area contributed by atoms with Crippen molar-refractivity contribution < 1.29 is 4.79 Å². The van der Waals surface area contributed by atoms with E-state index in [1.807, 2.05) is 6.07 Å². The van der Waals surface area contributed by atoms with Gasteiger partial charge in [0.15, 0.2) is 5.69 Å². The largest absolute Gasteiger partial charge is 0.308 e. The zero-order chi connectivity index (χ0) is 15.0. The molecule has 2 aromatic carbocycles. The second-order valence-electron chi connectivity index (χ2n) is 4.65. The van der Waals surface area contributed by atoms with E-state index in [9.17, 15) is 9.59 Å². The highest BCUT2D eigenvalue weighted by Gasteiger charge is 2.17. The van der Waals surface area contributed by atoms with Gasteiger partial charge in [-0.2, -0.15) is 0 Å². The molecule has 0 saturated carbocycles. The normalized spacial score (nSPS) is 10.8. The Morgan fingerprint density at radius 1 is 1.14 bits per heavy atom. The molecule has 0 aliphatic carbocycles. The fourth-order valence-electron chi connectivity index (χ4n) is 2.17. The van der Waals surface area contributed by atoms with Crippen molar-refractivity contribution in [2.45, 2.75) is 0 Å². The SMILES string of the molecule is Cn1c(=O)c(C(=O)c2ccccc2)nc2ccc(Cl)cc21. The minimum atomic E-state index is -0.432. The zero-order valence-corrected chi connectivity index (χ0v) is 12.0. The minimum Gasteiger partial charge on any atom is -0.308 e. The van der Waals surface area contributed by atoms with Gasteiger partial charge in [0.1, 0.15) is 0 Å². The Morgan fingerprint density at radius 3 is 2.57 bits per heavy atom. The van der Waals surface area contributed by atoms with E-state index in [0.29, 0.717) is 21.6 Å². The molecule has 0 saturated heterocycles. The summed E-state index contributed by atoms with van der Waals surface area (Å²) in [6.45, 7) is 0. The van der Waals surface area contributed by atoms with E-state index in [4.69, 9.17) is 11.6 Å². The average molecular weight is 299 g/mol. The van der Waals surface area contributed by atoms with E-state index in [0.717, 1.165) is 0 Å². The van der Waals surface area contributed by atoms with Gasteiger partial charge in [-0.05, 0) is 18.2 Å². The van der Waals surface area contributed by atoms with Crippen LogP contribution in [0, 0.1) is 0 Å². The first-order valence-electron chi connectivity index (χ1n) is 6.34. The molecule has 0 aliphatic heterocycles. The molecule has 1 heterocycles. The lowest BCUT2D eigenvalue weighted by atomic mass is 10.1. The van der Waals surface area contributed by atoms with Gasteiger partial charge in [-0.25, -0.2) is 4.98 Å². The van der Waals surface area contributed by atoms with Crippen LogP contribution in [0.5, 0.6) is 0 Å². The molecule has 0 aliphatic rings. The van der Waals surface area contributed by atoms with Gasteiger partial charge in [-0.1, -0.05) is 41.9 Å². The van der Waals surface area contributed by atoms with Crippen molar-refractivity contribution in [3.8, 4) is 0 Å². The highest BCUT2D eigenvalue weighted by atomic mass is 35.5. The number of benzene rings is 2. The lowest BCUT2D eigenvalue weighted by Crippen LogP contribution is -2.27. The Morgan fingerprint density at radius 2 is 1.86 bits per heavy atom. The standard InChI is InChI=1S/C16H11ClN2O2/c1-19-13-9-11(17)7-8-12(13)18-14(16(19)21)15(20)10-5-3-2-4-6-10/h2-9H,1H3. The maximum absolute atomic E-state index is 12.4. The van der Waals surface area contributed by atoms with E-state index in [1.165, 1.54) is 4.57 Å². The molecule has 0 amide bonds. The summed E-state index contributed by atoms with van der Waals surface area (Å²) < 4.78 is 1.39. The highest BCUT2D eigenvalue weighted by Crippen LogP contribution is 2.17. The summed E-state index contributed by atoms with van der Waals surface area (Å²) in [6, 6.07) is 13.7. The van der Waals surface area contributed by atoms with Crippen LogP contribution in [-0.2, 0) is 7.05 Å². The Bertz CT molecular complexity index is 901. The Balaban J connectivity index is 2.25. The summed E-state index contributed by atoms with van der Waals surface area (Å²) in [4.78, 5) is 29.0. The molecule has 3 rings (SSSR count). The van der Waals surface area contributed by atoms with Crippen molar-refractivity contribution in [2.75, 3.05) is 0 Å². The molecule has 0 atom stereocenters. The number of nitrogens with zero attached hydrogens (tertiary/aromatic N) is 2. The molecule has 104 valence electrons. The van der Waals surface area contributed by atoms with E-state index in [1.54, 1.807) is 49.5 Å². The molecule has 21 heavy (non-hydrogen) atoms. The van der Waals surface area contributed by atoms with Crippen LogP contribution in [0.3, 0.4) is 0 Å². The maximum Gasteiger partial charge on any atom is 0.280 e. The lowest BCUT2D eigenvalue weighted by molar-refractivity contribution is 0.103. The summed E-state index contributed by atoms with van der Waals surface area (Å²) in [5, 5.41) is 0.515. The van der Waals surface area contributed by atoms with Gasteiger partial charge in [0.25, 0.3) is 5.56 Å². The highest BCUT2D eigenvalue weighted by molar-refractivity contribution is 6.31. The topological polar surface area (TPSA) is 52.0 Å². The number of hydrogen-bond donors (Lipinski definition) is 0. The van der Waals surface area contributed by atoms with Crippen molar-refractivity contribution in [3.63, 3.8) is 0 Å². The minimum absolute atomic E-state index is 0.0847. The van der Waals surface area contributed by atoms with Crippen molar-refractivity contribution in [1.29, 1.82) is 0 Å². The van der Waals surface area contributed by atoms with Crippen molar-refractivity contribution in [3.05, 3.63) is 75.2 Å². The number of aromatic nitrogens is 2. The monoisotopic (exact) mass is 298 g/mol. The summed E-state index contributed by atoms with van der Waals surface area (Å²) in [6.07, 6.45) is 0. The van der Waals surface area contributed by atoms with Gasteiger partial charge in [0.05, 0.1) is 11.0 Å². The van der Waals surface area contributed by atoms with Gasteiger partial charge >= 0.3 is 0 Å². The molecule has 0 N–H and O–H groups in total. The molecular formula is C16H11ClN2O2. The fourth-order valence-corrected chi connectivity index (χ4v) is 2.34. The van der Waals surface area contributed by atoms with E-state index in [-0.39, 0.29) is 11.5 Å². The summed E-state index contributed by atoms with van der Waals surface area (Å²) in [5.74, 6) is -0.381. The molecule has 3 aromatic rings. The molecule has 0 bridgehead atoms. The number of halogens is 1.